The van der Waals surface area contributed by atoms with Crippen LogP contribution >= 0.6 is 11.8 Å². The lowest BCUT2D eigenvalue weighted by Crippen LogP contribution is -2.16. The molecule has 0 amide bonds. The fourth-order valence-electron chi connectivity index (χ4n) is 1.19. The van der Waals surface area contributed by atoms with Crippen LogP contribution in [0.4, 0.5) is 0 Å². The summed E-state index contributed by atoms with van der Waals surface area (Å²) in [6.45, 7) is 3.86. The summed E-state index contributed by atoms with van der Waals surface area (Å²) < 4.78 is 5.56. The van der Waals surface area contributed by atoms with Crippen molar-refractivity contribution in [3.05, 3.63) is 23.7 Å². The van der Waals surface area contributed by atoms with Crippen molar-refractivity contribution in [1.82, 2.24) is 5.32 Å². The first-order valence-electron chi connectivity index (χ1n) is 5.16. The molecule has 0 radical (unpaired) electrons. The smallest absolute Gasteiger partial charge is 0.117 e. The Morgan fingerprint density at radius 2 is 2.27 bits per heavy atom. The second-order valence-electron chi connectivity index (χ2n) is 3.16. The van der Waals surface area contributed by atoms with E-state index in [9.17, 15) is 0 Å². The summed E-state index contributed by atoms with van der Waals surface area (Å²) in [6.07, 6.45) is 6.10. The molecule has 1 aromatic rings. The van der Waals surface area contributed by atoms with Gasteiger partial charge in [-0.2, -0.15) is 0 Å². The van der Waals surface area contributed by atoms with E-state index >= 15 is 0 Å². The summed E-state index contributed by atoms with van der Waals surface area (Å²) in [5.41, 5.74) is 0. The van der Waals surface area contributed by atoms with Gasteiger partial charge in [0.25, 0.3) is 0 Å². The van der Waals surface area contributed by atoms with E-state index in [4.69, 9.17) is 10.8 Å². The zero-order valence-corrected chi connectivity index (χ0v) is 9.90. The third-order valence-electron chi connectivity index (χ3n) is 1.97. The van der Waals surface area contributed by atoms with Crippen LogP contribution in [-0.4, -0.2) is 18.1 Å². The third-order valence-corrected chi connectivity index (χ3v) is 2.84. The number of rotatable bonds is 7. The van der Waals surface area contributed by atoms with Gasteiger partial charge in [-0.3, -0.25) is 0 Å². The van der Waals surface area contributed by atoms with Crippen molar-refractivity contribution >= 4 is 11.8 Å². The van der Waals surface area contributed by atoms with Crippen molar-refractivity contribution in [3.63, 3.8) is 0 Å². The van der Waals surface area contributed by atoms with E-state index in [0.717, 1.165) is 42.5 Å². The molecule has 1 heterocycles. The van der Waals surface area contributed by atoms with Gasteiger partial charge in [-0.25, -0.2) is 0 Å². The quantitative estimate of drug-likeness (QED) is 0.567. The Morgan fingerprint density at radius 1 is 1.47 bits per heavy atom. The molecule has 0 aromatic carbocycles. The Labute approximate surface area is 95.8 Å². The van der Waals surface area contributed by atoms with E-state index in [1.807, 2.05) is 12.1 Å². The van der Waals surface area contributed by atoms with E-state index in [1.54, 1.807) is 11.8 Å². The summed E-state index contributed by atoms with van der Waals surface area (Å²) in [5, 5.41) is 3.31. The zero-order chi connectivity index (χ0) is 10.9. The molecule has 0 aliphatic heterocycles. The molecule has 0 bridgehead atoms. The average Bonchev–Trinajstić information content (AvgIpc) is 2.71. The highest BCUT2D eigenvalue weighted by atomic mass is 32.2. The minimum Gasteiger partial charge on any atom is -0.465 e. The second kappa shape index (κ2) is 7.44. The van der Waals surface area contributed by atoms with Crippen molar-refractivity contribution in [2.45, 2.75) is 19.9 Å². The molecular weight excluding hydrogens is 206 g/mol. The minimum atomic E-state index is 0.794. The summed E-state index contributed by atoms with van der Waals surface area (Å²) in [5.74, 6) is 6.50. The number of nitrogens with one attached hydrogen (secondary N) is 1. The largest absolute Gasteiger partial charge is 0.465 e. The number of furan rings is 1. The van der Waals surface area contributed by atoms with Gasteiger partial charge in [-0.1, -0.05) is 12.8 Å². The number of aryl methyl sites for hydroxylation is 1. The molecule has 2 nitrogen and oxygen atoms in total. The van der Waals surface area contributed by atoms with Crippen LogP contribution in [-0.2, 0) is 13.0 Å². The van der Waals surface area contributed by atoms with Crippen molar-refractivity contribution in [2.24, 2.45) is 0 Å². The van der Waals surface area contributed by atoms with Gasteiger partial charge in [0.05, 0.1) is 12.3 Å². The monoisotopic (exact) mass is 223 g/mol. The van der Waals surface area contributed by atoms with Gasteiger partial charge in [0.15, 0.2) is 0 Å². The lowest BCUT2D eigenvalue weighted by Gasteiger charge is -2.00. The molecule has 82 valence electrons. The highest BCUT2D eigenvalue weighted by Gasteiger charge is 1.98. The van der Waals surface area contributed by atoms with Crippen molar-refractivity contribution in [3.8, 4) is 12.3 Å². The Bertz CT molecular complexity index is 314. The van der Waals surface area contributed by atoms with Crippen molar-refractivity contribution in [1.29, 1.82) is 0 Å². The molecule has 0 unspecified atom stereocenters. The predicted octanol–water partition coefficient (Wildman–Crippen LogP) is 2.30. The molecule has 0 atom stereocenters. The van der Waals surface area contributed by atoms with Gasteiger partial charge in [-0.05, 0) is 12.1 Å². The molecule has 0 saturated heterocycles. The zero-order valence-electron chi connectivity index (χ0n) is 9.08. The van der Waals surface area contributed by atoms with Crippen molar-refractivity contribution < 1.29 is 4.42 Å². The summed E-state index contributed by atoms with van der Waals surface area (Å²) in [4.78, 5) is 0. The maximum atomic E-state index is 5.56. The van der Waals surface area contributed by atoms with Crippen LogP contribution in [0.2, 0.25) is 0 Å². The van der Waals surface area contributed by atoms with E-state index in [0.29, 0.717) is 0 Å². The number of thioether (sulfide) groups is 1. The molecule has 1 rings (SSSR count). The van der Waals surface area contributed by atoms with Gasteiger partial charge < -0.3 is 9.73 Å². The van der Waals surface area contributed by atoms with Gasteiger partial charge in [0.1, 0.15) is 11.5 Å². The number of terminal acetylenes is 1. The van der Waals surface area contributed by atoms with E-state index in [2.05, 4.69) is 18.2 Å². The first-order chi connectivity index (χ1) is 7.36. The highest BCUT2D eigenvalue weighted by molar-refractivity contribution is 7.99. The lowest BCUT2D eigenvalue weighted by atomic mass is 10.3. The third kappa shape index (κ3) is 4.96. The fourth-order valence-corrected chi connectivity index (χ4v) is 1.75. The Morgan fingerprint density at radius 3 is 2.93 bits per heavy atom. The van der Waals surface area contributed by atoms with Crippen LogP contribution in [0.15, 0.2) is 16.5 Å². The number of hydrogen-bond acceptors (Lipinski definition) is 3. The molecular formula is C12H17NOS. The maximum absolute atomic E-state index is 5.56. The van der Waals surface area contributed by atoms with E-state index in [1.165, 1.54) is 0 Å². The van der Waals surface area contributed by atoms with Crippen LogP contribution in [0.5, 0.6) is 0 Å². The molecule has 0 aliphatic carbocycles. The summed E-state index contributed by atoms with van der Waals surface area (Å²) in [6, 6.07) is 4.06. The molecule has 1 N–H and O–H groups in total. The molecule has 3 heteroatoms. The van der Waals surface area contributed by atoms with E-state index < -0.39 is 0 Å². The van der Waals surface area contributed by atoms with Crippen LogP contribution < -0.4 is 5.32 Å². The summed E-state index contributed by atoms with van der Waals surface area (Å²) >= 11 is 1.77. The predicted molar refractivity (Wildman–Crippen MR) is 66.0 cm³/mol. The Kier molecular flexibility index (Phi) is 6.06. The molecule has 0 aliphatic rings. The van der Waals surface area contributed by atoms with Crippen LogP contribution in [0, 0.1) is 12.3 Å². The first kappa shape index (κ1) is 12.2. The SMILES string of the molecule is C#CCSCCNCc1ccc(CC)o1. The van der Waals surface area contributed by atoms with E-state index in [-0.39, 0.29) is 0 Å². The van der Waals surface area contributed by atoms with Crippen LogP contribution in [0.25, 0.3) is 0 Å². The molecule has 0 fully saturated rings. The fraction of sp³-hybridized carbons (Fsp3) is 0.500. The van der Waals surface area contributed by atoms with Gasteiger partial charge in [0, 0.05) is 18.7 Å². The topological polar surface area (TPSA) is 25.2 Å². The van der Waals surface area contributed by atoms with Gasteiger partial charge >= 0.3 is 0 Å². The Balaban J connectivity index is 2.07. The maximum Gasteiger partial charge on any atom is 0.117 e. The Hall–Kier alpha value is -0.850. The number of hydrogen-bond donors (Lipinski definition) is 1. The molecule has 15 heavy (non-hydrogen) atoms. The van der Waals surface area contributed by atoms with Gasteiger partial charge in [0.2, 0.25) is 0 Å². The normalized spacial score (nSPS) is 10.1. The van der Waals surface area contributed by atoms with Crippen LogP contribution in [0.3, 0.4) is 0 Å². The lowest BCUT2D eigenvalue weighted by molar-refractivity contribution is 0.454. The minimum absolute atomic E-state index is 0.794. The standard InChI is InChI=1S/C12H17NOS/c1-3-8-15-9-7-13-10-12-6-5-11(4-2)14-12/h1,5-6,13H,4,7-10H2,2H3. The average molecular weight is 223 g/mol. The van der Waals surface area contributed by atoms with Crippen LogP contribution in [0.1, 0.15) is 18.4 Å². The first-order valence-corrected chi connectivity index (χ1v) is 6.31. The van der Waals surface area contributed by atoms with Gasteiger partial charge in [-0.15, -0.1) is 18.2 Å². The molecule has 0 spiro atoms. The molecule has 1 aromatic heterocycles. The second-order valence-corrected chi connectivity index (χ2v) is 4.26. The van der Waals surface area contributed by atoms with Crippen molar-refractivity contribution in [2.75, 3.05) is 18.1 Å². The summed E-state index contributed by atoms with van der Waals surface area (Å²) in [7, 11) is 0. The molecule has 0 saturated carbocycles. The highest BCUT2D eigenvalue weighted by Crippen LogP contribution is 2.07.